The van der Waals surface area contributed by atoms with E-state index < -0.39 is 0 Å². The molecule has 0 aliphatic heterocycles. The van der Waals surface area contributed by atoms with E-state index in [4.69, 9.17) is 4.74 Å². The zero-order valence-corrected chi connectivity index (χ0v) is 15.5. The van der Waals surface area contributed by atoms with E-state index in [0.29, 0.717) is 23.0 Å². The van der Waals surface area contributed by atoms with Gasteiger partial charge >= 0.3 is 0 Å². The molecule has 26 heavy (non-hydrogen) atoms. The second-order valence-corrected chi connectivity index (χ2v) is 6.92. The zero-order chi connectivity index (χ0) is 18.4. The van der Waals surface area contributed by atoms with Crippen molar-refractivity contribution < 1.29 is 9.53 Å². The van der Waals surface area contributed by atoms with Crippen molar-refractivity contribution in [2.75, 3.05) is 17.7 Å². The van der Waals surface area contributed by atoms with Gasteiger partial charge in [-0.05, 0) is 49.6 Å². The summed E-state index contributed by atoms with van der Waals surface area (Å²) >= 11 is 0. The second-order valence-electron chi connectivity index (χ2n) is 6.92. The third-order valence-electron chi connectivity index (χ3n) is 4.83. The molecule has 1 aliphatic carbocycles. The molecular formula is C21H27N3O2. The Bertz CT molecular complexity index is 753. The minimum atomic E-state index is -0.166. The number of nitrogens with zero attached hydrogens (tertiary/aromatic N) is 1. The van der Waals surface area contributed by atoms with E-state index in [2.05, 4.69) is 15.6 Å². The molecule has 0 spiro atoms. The molecule has 0 unspecified atom stereocenters. The largest absolute Gasteiger partial charge is 0.495 e. The molecule has 1 aromatic heterocycles. The summed E-state index contributed by atoms with van der Waals surface area (Å²) < 4.78 is 5.33. The van der Waals surface area contributed by atoms with Gasteiger partial charge in [0.25, 0.3) is 5.91 Å². The van der Waals surface area contributed by atoms with E-state index in [9.17, 15) is 4.79 Å². The Balaban J connectivity index is 1.71. The zero-order valence-electron chi connectivity index (χ0n) is 15.5. The average Bonchev–Trinajstić information content (AvgIpc) is 2.91. The predicted molar refractivity (Wildman–Crippen MR) is 105 cm³/mol. The fourth-order valence-electron chi connectivity index (χ4n) is 3.40. The van der Waals surface area contributed by atoms with Crippen molar-refractivity contribution in [1.82, 2.24) is 4.98 Å². The number of aromatic nitrogens is 1. The lowest BCUT2D eigenvalue weighted by Gasteiger charge is -2.17. The van der Waals surface area contributed by atoms with Crippen LogP contribution in [0.4, 0.5) is 11.5 Å². The van der Waals surface area contributed by atoms with E-state index in [-0.39, 0.29) is 5.91 Å². The molecule has 0 saturated heterocycles. The number of amides is 1. The summed E-state index contributed by atoms with van der Waals surface area (Å²) in [5, 5.41) is 6.44. The molecule has 5 nitrogen and oxygen atoms in total. The fraction of sp³-hybridized carbons (Fsp3) is 0.429. The number of methoxy groups -OCH3 is 1. The van der Waals surface area contributed by atoms with Crippen molar-refractivity contribution >= 4 is 17.4 Å². The van der Waals surface area contributed by atoms with E-state index in [1.807, 2.05) is 31.2 Å². The molecule has 0 radical (unpaired) electrons. The van der Waals surface area contributed by atoms with Crippen molar-refractivity contribution in [3.63, 3.8) is 0 Å². The van der Waals surface area contributed by atoms with Gasteiger partial charge in [0.2, 0.25) is 0 Å². The van der Waals surface area contributed by atoms with Gasteiger partial charge in [0.05, 0.1) is 12.8 Å². The number of nitrogens with one attached hydrogen (secondary N) is 2. The summed E-state index contributed by atoms with van der Waals surface area (Å²) in [6.45, 7) is 1.98. The number of benzene rings is 1. The Morgan fingerprint density at radius 3 is 2.62 bits per heavy atom. The van der Waals surface area contributed by atoms with Crippen LogP contribution in [0.25, 0.3) is 0 Å². The summed E-state index contributed by atoms with van der Waals surface area (Å²) in [6, 6.07) is 9.72. The van der Waals surface area contributed by atoms with Crippen molar-refractivity contribution in [1.29, 1.82) is 0 Å². The minimum absolute atomic E-state index is 0.166. The average molecular weight is 353 g/mol. The van der Waals surface area contributed by atoms with Crippen LogP contribution in [0, 0.1) is 6.92 Å². The van der Waals surface area contributed by atoms with Crippen molar-refractivity contribution in [3.8, 4) is 5.75 Å². The van der Waals surface area contributed by atoms with E-state index in [0.717, 1.165) is 11.4 Å². The van der Waals surface area contributed by atoms with Gasteiger partial charge in [-0.3, -0.25) is 4.79 Å². The molecule has 138 valence electrons. The number of pyridine rings is 1. The van der Waals surface area contributed by atoms with Crippen LogP contribution in [0.15, 0.2) is 36.5 Å². The Morgan fingerprint density at radius 2 is 1.88 bits per heavy atom. The molecular weight excluding hydrogens is 326 g/mol. The van der Waals surface area contributed by atoms with Gasteiger partial charge in [-0.2, -0.15) is 0 Å². The Labute approximate surface area is 155 Å². The van der Waals surface area contributed by atoms with Crippen molar-refractivity contribution in [2.45, 2.75) is 51.5 Å². The highest BCUT2D eigenvalue weighted by atomic mass is 16.5. The lowest BCUT2D eigenvalue weighted by atomic mass is 10.1. The van der Waals surface area contributed by atoms with Crippen LogP contribution in [0.1, 0.15) is 54.4 Å². The number of carbonyl (C=O) groups excluding carboxylic acids is 1. The fourth-order valence-corrected chi connectivity index (χ4v) is 3.40. The van der Waals surface area contributed by atoms with Gasteiger partial charge in [-0.15, -0.1) is 0 Å². The number of hydrogen-bond donors (Lipinski definition) is 2. The lowest BCUT2D eigenvalue weighted by Crippen LogP contribution is -2.20. The number of carbonyl (C=O) groups is 1. The lowest BCUT2D eigenvalue weighted by molar-refractivity contribution is 0.102. The first-order chi connectivity index (χ1) is 12.7. The molecule has 1 saturated carbocycles. The molecule has 1 amide bonds. The van der Waals surface area contributed by atoms with Crippen LogP contribution in [0.2, 0.25) is 0 Å². The number of rotatable bonds is 5. The molecule has 1 aromatic carbocycles. The number of anilines is 2. The highest BCUT2D eigenvalue weighted by molar-refractivity contribution is 6.05. The molecule has 0 atom stereocenters. The van der Waals surface area contributed by atoms with Crippen LogP contribution < -0.4 is 15.4 Å². The van der Waals surface area contributed by atoms with Gasteiger partial charge in [0, 0.05) is 17.8 Å². The predicted octanol–water partition coefficient (Wildman–Crippen LogP) is 4.79. The van der Waals surface area contributed by atoms with Crippen molar-refractivity contribution in [2.24, 2.45) is 0 Å². The molecule has 1 aliphatic rings. The van der Waals surface area contributed by atoms with Crippen LogP contribution in [-0.4, -0.2) is 24.0 Å². The molecule has 3 rings (SSSR count). The van der Waals surface area contributed by atoms with Crippen LogP contribution in [-0.2, 0) is 0 Å². The maximum atomic E-state index is 12.7. The number of hydrogen-bond acceptors (Lipinski definition) is 4. The Hall–Kier alpha value is -2.56. The van der Waals surface area contributed by atoms with Crippen LogP contribution in [0.5, 0.6) is 5.75 Å². The van der Waals surface area contributed by atoms with Gasteiger partial charge in [-0.25, -0.2) is 4.98 Å². The smallest absolute Gasteiger partial charge is 0.255 e. The molecule has 1 fully saturated rings. The normalized spacial score (nSPS) is 15.2. The maximum absolute atomic E-state index is 12.7. The SMILES string of the molecule is COc1ccc(C)cc1NC(=O)c1ccnc(NC2CCCCCC2)c1. The van der Waals surface area contributed by atoms with Crippen LogP contribution in [0.3, 0.4) is 0 Å². The number of ether oxygens (including phenoxy) is 1. The first-order valence-electron chi connectivity index (χ1n) is 9.34. The third-order valence-corrected chi connectivity index (χ3v) is 4.83. The summed E-state index contributed by atoms with van der Waals surface area (Å²) in [4.78, 5) is 17.1. The van der Waals surface area contributed by atoms with Gasteiger partial charge in [0.1, 0.15) is 11.6 Å². The minimum Gasteiger partial charge on any atom is -0.495 e. The van der Waals surface area contributed by atoms with Crippen LogP contribution >= 0.6 is 0 Å². The molecule has 0 bridgehead atoms. The highest BCUT2D eigenvalue weighted by Gasteiger charge is 2.14. The van der Waals surface area contributed by atoms with Gasteiger partial charge < -0.3 is 15.4 Å². The van der Waals surface area contributed by atoms with E-state index in [1.54, 1.807) is 19.4 Å². The first-order valence-corrected chi connectivity index (χ1v) is 9.34. The quantitative estimate of drug-likeness (QED) is 0.759. The third kappa shape index (κ3) is 4.75. The second kappa shape index (κ2) is 8.70. The first kappa shape index (κ1) is 18.2. The Morgan fingerprint density at radius 1 is 1.12 bits per heavy atom. The van der Waals surface area contributed by atoms with Gasteiger partial charge in [0.15, 0.2) is 0 Å². The molecule has 2 aromatic rings. The molecule has 1 heterocycles. The Kier molecular flexibility index (Phi) is 6.10. The van der Waals surface area contributed by atoms with Crippen molar-refractivity contribution in [3.05, 3.63) is 47.7 Å². The molecule has 5 heteroatoms. The summed E-state index contributed by atoms with van der Waals surface area (Å²) in [6.07, 6.45) is 9.15. The summed E-state index contributed by atoms with van der Waals surface area (Å²) in [5.74, 6) is 1.25. The monoisotopic (exact) mass is 353 g/mol. The maximum Gasteiger partial charge on any atom is 0.255 e. The standard InChI is InChI=1S/C21H27N3O2/c1-15-9-10-19(26-2)18(13-15)24-21(25)16-11-12-22-20(14-16)23-17-7-5-3-4-6-8-17/h9-14,17H,3-8H2,1-2H3,(H,22,23)(H,24,25). The molecule has 2 N–H and O–H groups in total. The van der Waals surface area contributed by atoms with Gasteiger partial charge in [-0.1, -0.05) is 31.7 Å². The number of aryl methyl sites for hydroxylation is 1. The van der Waals surface area contributed by atoms with E-state index >= 15 is 0 Å². The topological polar surface area (TPSA) is 63.2 Å². The summed E-state index contributed by atoms with van der Waals surface area (Å²) in [7, 11) is 1.60. The summed E-state index contributed by atoms with van der Waals surface area (Å²) in [5.41, 5.74) is 2.32. The highest BCUT2D eigenvalue weighted by Crippen LogP contribution is 2.26. The van der Waals surface area contributed by atoms with E-state index in [1.165, 1.54) is 38.5 Å².